The zero-order valence-electron chi connectivity index (χ0n) is 19.0. The Hall–Kier alpha value is -3.92. The third kappa shape index (κ3) is 4.10. The Morgan fingerprint density at radius 1 is 1.20 bits per heavy atom. The lowest BCUT2D eigenvalue weighted by Crippen LogP contribution is -2.51. The number of nitrogens with zero attached hydrogens (tertiary/aromatic N) is 1. The molecular formula is C25H23N3O6S. The maximum Gasteiger partial charge on any atom is 0.341 e. The number of carbonyl (C=O) groups is 4. The summed E-state index contributed by atoms with van der Waals surface area (Å²) in [6.07, 6.45) is 3.00. The number of esters is 1. The van der Waals surface area contributed by atoms with Crippen LogP contribution in [0.15, 0.2) is 52.5 Å². The first kappa shape index (κ1) is 22.9. The number of hydrogen-bond donors (Lipinski definition) is 2. The highest BCUT2D eigenvalue weighted by molar-refractivity contribution is 7.15. The molecule has 10 heteroatoms. The molecule has 1 aliphatic heterocycles. The number of nitrogens with one attached hydrogen (secondary N) is 2. The molecule has 5 rings (SSSR count). The lowest BCUT2D eigenvalue weighted by molar-refractivity contribution is -0.134. The molecule has 0 saturated carbocycles. The quantitative estimate of drug-likeness (QED) is 0.400. The van der Waals surface area contributed by atoms with Crippen LogP contribution in [0.3, 0.4) is 0 Å². The fraction of sp³-hybridized carbons (Fsp3) is 0.280. The summed E-state index contributed by atoms with van der Waals surface area (Å²) in [6.45, 7) is 1.38. The molecule has 2 aliphatic rings. The summed E-state index contributed by atoms with van der Waals surface area (Å²) in [5, 5.41) is 7.43. The Balaban J connectivity index is 1.33. The summed E-state index contributed by atoms with van der Waals surface area (Å²) in [4.78, 5) is 52.5. The minimum atomic E-state index is -1.04. The summed E-state index contributed by atoms with van der Waals surface area (Å²) >= 11 is 1.13. The molecule has 0 radical (unpaired) electrons. The van der Waals surface area contributed by atoms with Gasteiger partial charge < -0.3 is 19.8 Å². The normalized spacial score (nSPS) is 18.9. The minimum absolute atomic E-state index is 0.160. The van der Waals surface area contributed by atoms with Gasteiger partial charge in [0.05, 0.1) is 12.9 Å². The molecule has 1 aromatic carbocycles. The molecule has 4 amide bonds. The monoisotopic (exact) mass is 493 g/mol. The van der Waals surface area contributed by atoms with Gasteiger partial charge in [0.2, 0.25) is 5.91 Å². The van der Waals surface area contributed by atoms with E-state index in [1.807, 2.05) is 24.3 Å². The number of carbonyl (C=O) groups excluding carboxylic acids is 4. The van der Waals surface area contributed by atoms with Crippen LogP contribution in [0.5, 0.6) is 0 Å². The molecule has 1 spiro atoms. The van der Waals surface area contributed by atoms with Crippen LogP contribution in [-0.2, 0) is 27.2 Å². The van der Waals surface area contributed by atoms with E-state index >= 15 is 0 Å². The van der Waals surface area contributed by atoms with Crippen molar-refractivity contribution >= 4 is 40.2 Å². The van der Waals surface area contributed by atoms with Crippen LogP contribution in [0.1, 0.15) is 34.8 Å². The summed E-state index contributed by atoms with van der Waals surface area (Å²) in [5.41, 5.74) is 1.79. The highest BCUT2D eigenvalue weighted by atomic mass is 32.1. The van der Waals surface area contributed by atoms with Gasteiger partial charge in [-0.25, -0.2) is 9.59 Å². The molecule has 1 aliphatic carbocycles. The largest absolute Gasteiger partial charge is 0.464 e. The molecule has 0 bridgehead atoms. The van der Waals surface area contributed by atoms with E-state index in [2.05, 4.69) is 10.6 Å². The first-order chi connectivity index (χ1) is 16.9. The minimum Gasteiger partial charge on any atom is -0.464 e. The van der Waals surface area contributed by atoms with E-state index in [4.69, 9.17) is 9.15 Å². The molecule has 180 valence electrons. The fourth-order valence-electron chi connectivity index (χ4n) is 4.62. The van der Waals surface area contributed by atoms with E-state index in [1.54, 1.807) is 24.4 Å². The van der Waals surface area contributed by atoms with Crippen LogP contribution in [0, 0.1) is 0 Å². The number of hydrogen-bond acceptors (Lipinski definition) is 7. The van der Waals surface area contributed by atoms with Gasteiger partial charge in [0.25, 0.3) is 5.91 Å². The zero-order chi connectivity index (χ0) is 24.6. The molecule has 9 nitrogen and oxygen atoms in total. The number of fused-ring (bicyclic) bond motifs is 1. The van der Waals surface area contributed by atoms with Crippen LogP contribution in [0.4, 0.5) is 9.80 Å². The van der Waals surface area contributed by atoms with Crippen molar-refractivity contribution in [2.75, 3.05) is 18.5 Å². The van der Waals surface area contributed by atoms with Gasteiger partial charge in [-0.2, -0.15) is 0 Å². The van der Waals surface area contributed by atoms with Crippen LogP contribution in [0.2, 0.25) is 0 Å². The van der Waals surface area contributed by atoms with Crippen molar-refractivity contribution in [2.45, 2.75) is 31.7 Å². The van der Waals surface area contributed by atoms with Crippen LogP contribution in [-0.4, -0.2) is 47.4 Å². The summed E-state index contributed by atoms with van der Waals surface area (Å²) in [5.74, 6) is -1.16. The van der Waals surface area contributed by atoms with Gasteiger partial charge in [-0.3, -0.25) is 14.5 Å². The lowest BCUT2D eigenvalue weighted by Gasteiger charge is -2.32. The Bertz CT molecular complexity index is 1310. The van der Waals surface area contributed by atoms with Gasteiger partial charge >= 0.3 is 12.0 Å². The van der Waals surface area contributed by atoms with E-state index in [-0.39, 0.29) is 17.2 Å². The molecule has 1 saturated heterocycles. The van der Waals surface area contributed by atoms with E-state index in [9.17, 15) is 19.2 Å². The third-order valence-electron chi connectivity index (χ3n) is 6.29. The van der Waals surface area contributed by atoms with Crippen molar-refractivity contribution in [2.24, 2.45) is 0 Å². The number of benzene rings is 1. The Labute approximate surface area is 205 Å². The maximum atomic E-state index is 13.3. The summed E-state index contributed by atoms with van der Waals surface area (Å²) in [6, 6.07) is 10.6. The van der Waals surface area contributed by atoms with E-state index in [0.717, 1.165) is 27.4 Å². The van der Waals surface area contributed by atoms with Crippen LogP contribution >= 0.6 is 11.3 Å². The number of rotatable bonds is 6. The fourth-order valence-corrected chi connectivity index (χ4v) is 5.58. The molecular weight excluding hydrogens is 470 g/mol. The maximum absolute atomic E-state index is 13.3. The predicted octanol–water partition coefficient (Wildman–Crippen LogP) is 3.60. The predicted molar refractivity (Wildman–Crippen MR) is 128 cm³/mol. The third-order valence-corrected chi connectivity index (χ3v) is 7.18. The van der Waals surface area contributed by atoms with Crippen molar-refractivity contribution in [3.05, 3.63) is 64.7 Å². The average molecular weight is 494 g/mol. The smallest absolute Gasteiger partial charge is 0.341 e. The van der Waals surface area contributed by atoms with E-state index in [1.165, 1.54) is 6.26 Å². The van der Waals surface area contributed by atoms with Crippen molar-refractivity contribution in [3.63, 3.8) is 0 Å². The number of ether oxygens (including phenoxy) is 1. The number of thiophene rings is 1. The molecule has 1 atom stereocenters. The number of aryl methyl sites for hydroxylation is 1. The number of imide groups is 1. The molecule has 1 unspecified atom stereocenters. The zero-order valence-corrected chi connectivity index (χ0v) is 19.8. The summed E-state index contributed by atoms with van der Waals surface area (Å²) < 4.78 is 10.6. The number of furan rings is 1. The number of amides is 4. The number of anilines is 1. The average Bonchev–Trinajstić information content (AvgIpc) is 3.56. The highest BCUT2D eigenvalue weighted by Gasteiger charge is 2.52. The van der Waals surface area contributed by atoms with Gasteiger partial charge in [-0.15, -0.1) is 11.3 Å². The standard InChI is InChI=1S/C25H23N3O6S/c1-2-33-22(30)20-17(18-8-5-11-34-18)14-35-21(20)26-19(29)13-28-23(31)25(27-24(28)32)10-9-15-6-3-4-7-16(15)12-25/h3-8,11,14H,2,9-10,12-13H2,1H3,(H,26,29)(H,27,32). The molecule has 1 fully saturated rings. The second kappa shape index (κ2) is 9.03. The second-order valence-electron chi connectivity index (χ2n) is 8.45. The SMILES string of the molecule is CCOC(=O)c1c(-c2ccco2)csc1NC(=O)CN1C(=O)NC2(CCc3ccccc3C2)C1=O. The lowest BCUT2D eigenvalue weighted by atomic mass is 9.78. The second-order valence-corrected chi connectivity index (χ2v) is 9.33. The van der Waals surface area contributed by atoms with Gasteiger partial charge in [0, 0.05) is 17.4 Å². The highest BCUT2D eigenvalue weighted by Crippen LogP contribution is 2.37. The Kier molecular flexibility index (Phi) is 5.89. The first-order valence-electron chi connectivity index (χ1n) is 11.2. The Morgan fingerprint density at radius 3 is 2.74 bits per heavy atom. The van der Waals surface area contributed by atoms with Crippen molar-refractivity contribution < 1.29 is 28.3 Å². The summed E-state index contributed by atoms with van der Waals surface area (Å²) in [7, 11) is 0. The van der Waals surface area contributed by atoms with Gasteiger partial charge in [0.1, 0.15) is 28.4 Å². The molecule has 2 N–H and O–H groups in total. The van der Waals surface area contributed by atoms with Crippen molar-refractivity contribution in [1.29, 1.82) is 0 Å². The topological polar surface area (TPSA) is 118 Å². The van der Waals surface area contributed by atoms with Crippen LogP contribution < -0.4 is 10.6 Å². The van der Waals surface area contributed by atoms with Crippen LogP contribution in [0.25, 0.3) is 11.3 Å². The molecule has 3 aromatic rings. The molecule has 2 aromatic heterocycles. The van der Waals surface area contributed by atoms with Gasteiger partial charge in [0.15, 0.2) is 0 Å². The van der Waals surface area contributed by atoms with Gasteiger partial charge in [-0.1, -0.05) is 24.3 Å². The number of urea groups is 1. The van der Waals surface area contributed by atoms with E-state index < -0.39 is 35.9 Å². The Morgan fingerprint density at radius 2 is 2.00 bits per heavy atom. The first-order valence-corrected chi connectivity index (χ1v) is 12.1. The van der Waals surface area contributed by atoms with Crippen molar-refractivity contribution in [3.8, 4) is 11.3 Å². The molecule has 35 heavy (non-hydrogen) atoms. The molecule has 3 heterocycles. The van der Waals surface area contributed by atoms with Gasteiger partial charge in [-0.05, 0) is 43.0 Å². The van der Waals surface area contributed by atoms with Crippen molar-refractivity contribution in [1.82, 2.24) is 10.2 Å². The van der Waals surface area contributed by atoms with E-state index in [0.29, 0.717) is 30.6 Å².